The summed E-state index contributed by atoms with van der Waals surface area (Å²) in [5, 5.41) is 25.8. The molecule has 0 radical (unpaired) electrons. The summed E-state index contributed by atoms with van der Waals surface area (Å²) in [6, 6.07) is 3.61. The van der Waals surface area contributed by atoms with Gasteiger partial charge in [0.15, 0.2) is 17.2 Å². The van der Waals surface area contributed by atoms with Crippen LogP contribution in [0.3, 0.4) is 0 Å². The molecule has 0 saturated heterocycles. The molecule has 3 aliphatic carbocycles. The number of rotatable bonds is 5. The summed E-state index contributed by atoms with van der Waals surface area (Å²) in [5.41, 5.74) is 7.02. The summed E-state index contributed by atoms with van der Waals surface area (Å²) in [6.45, 7) is 0. The summed E-state index contributed by atoms with van der Waals surface area (Å²) in [7, 11) is 1.54. The second-order valence-corrected chi connectivity index (χ2v) is 6.89. The zero-order valence-electron chi connectivity index (χ0n) is 14.1. The van der Waals surface area contributed by atoms with E-state index in [0.29, 0.717) is 17.3 Å². The molecule has 0 spiro atoms. The van der Waals surface area contributed by atoms with Crippen LogP contribution >= 0.6 is 0 Å². The van der Waals surface area contributed by atoms with Crippen LogP contribution in [0.1, 0.15) is 35.4 Å². The van der Waals surface area contributed by atoms with E-state index in [-0.39, 0.29) is 28.4 Å². The van der Waals surface area contributed by atoms with E-state index in [1.807, 2.05) is 6.07 Å². The normalized spacial score (nSPS) is 25.3. The van der Waals surface area contributed by atoms with Gasteiger partial charge in [-0.15, -0.1) is 10.2 Å². The molecule has 0 aliphatic heterocycles. The number of nitrogens with two attached hydrogens (primary N) is 1. The van der Waals surface area contributed by atoms with Crippen molar-refractivity contribution in [3.63, 3.8) is 0 Å². The van der Waals surface area contributed by atoms with E-state index in [1.165, 1.54) is 12.4 Å². The Hall–Kier alpha value is -3.32. The number of nitrogens with zero attached hydrogens (tertiary/aromatic N) is 5. The lowest BCUT2D eigenvalue weighted by molar-refractivity contribution is -0.0318. The van der Waals surface area contributed by atoms with Gasteiger partial charge in [0.2, 0.25) is 0 Å². The second kappa shape index (κ2) is 5.60. The van der Waals surface area contributed by atoms with Crippen molar-refractivity contribution in [1.82, 2.24) is 25.5 Å². The highest BCUT2D eigenvalue weighted by Gasteiger charge is 2.66. The number of aromatic nitrogens is 4. The lowest BCUT2D eigenvalue weighted by Gasteiger charge is -2.69. The molecule has 10 heteroatoms. The Balaban J connectivity index is 1.58. The molecule has 5 rings (SSSR count). The van der Waals surface area contributed by atoms with Crippen molar-refractivity contribution in [2.24, 2.45) is 5.73 Å². The van der Waals surface area contributed by atoms with Gasteiger partial charge in [-0.05, 0) is 19.3 Å². The first-order chi connectivity index (χ1) is 12.4. The van der Waals surface area contributed by atoms with Crippen LogP contribution in [0.25, 0.3) is 0 Å². The fourth-order valence-corrected chi connectivity index (χ4v) is 3.70. The minimum Gasteiger partial charge on any atom is -0.377 e. The predicted molar refractivity (Wildman–Crippen MR) is 92.6 cm³/mol. The van der Waals surface area contributed by atoms with E-state index < -0.39 is 0 Å². The second-order valence-electron chi connectivity index (χ2n) is 6.89. The minimum absolute atomic E-state index is 0.0558. The molecule has 0 aromatic carbocycles. The van der Waals surface area contributed by atoms with Gasteiger partial charge in [-0.25, -0.2) is 9.97 Å². The van der Waals surface area contributed by atoms with Crippen molar-refractivity contribution in [2.75, 3.05) is 17.7 Å². The molecule has 26 heavy (non-hydrogen) atoms. The van der Waals surface area contributed by atoms with Crippen LogP contribution in [-0.4, -0.2) is 44.2 Å². The van der Waals surface area contributed by atoms with Gasteiger partial charge in [-0.2, -0.15) is 5.26 Å². The third-order valence-electron chi connectivity index (χ3n) is 4.73. The van der Waals surface area contributed by atoms with Gasteiger partial charge in [-0.1, -0.05) is 0 Å². The number of anilines is 3. The number of amides is 1. The number of nitriles is 1. The molecule has 3 fully saturated rings. The molecule has 3 aliphatic rings. The average molecular weight is 351 g/mol. The average Bonchev–Trinajstić information content (AvgIpc) is 2.60. The molecule has 2 aromatic heterocycles. The first-order valence-corrected chi connectivity index (χ1v) is 8.10. The van der Waals surface area contributed by atoms with E-state index in [0.717, 1.165) is 19.3 Å². The van der Waals surface area contributed by atoms with Gasteiger partial charge in [0, 0.05) is 24.2 Å². The SMILES string of the molecule is CNC(=O)c1nnc(Nc2cnc(C#N)cn2)cc1NC12CC(N)(C1)C2. The molecule has 2 heterocycles. The molecule has 1 amide bonds. The summed E-state index contributed by atoms with van der Waals surface area (Å²) < 4.78 is 0. The Labute approximate surface area is 149 Å². The van der Waals surface area contributed by atoms with Crippen molar-refractivity contribution in [2.45, 2.75) is 30.3 Å². The lowest BCUT2D eigenvalue weighted by Crippen LogP contribution is -2.79. The Bertz CT molecular complexity index is 899. The zero-order valence-corrected chi connectivity index (χ0v) is 14.1. The summed E-state index contributed by atoms with van der Waals surface area (Å²) >= 11 is 0. The minimum atomic E-state index is -0.321. The van der Waals surface area contributed by atoms with Gasteiger partial charge in [0.1, 0.15) is 11.9 Å². The Morgan fingerprint density at radius 3 is 2.58 bits per heavy atom. The molecule has 0 unspecified atom stereocenters. The monoisotopic (exact) mass is 351 g/mol. The molecule has 2 aromatic rings. The van der Waals surface area contributed by atoms with E-state index in [4.69, 9.17) is 11.0 Å². The molecule has 2 bridgehead atoms. The molecule has 132 valence electrons. The maximum atomic E-state index is 12.1. The fourth-order valence-electron chi connectivity index (χ4n) is 3.70. The molecular weight excluding hydrogens is 334 g/mol. The van der Waals surface area contributed by atoms with E-state index in [9.17, 15) is 4.79 Å². The van der Waals surface area contributed by atoms with Gasteiger partial charge < -0.3 is 21.7 Å². The van der Waals surface area contributed by atoms with E-state index in [2.05, 4.69) is 36.1 Å². The van der Waals surface area contributed by atoms with E-state index in [1.54, 1.807) is 13.1 Å². The van der Waals surface area contributed by atoms with Crippen molar-refractivity contribution in [3.05, 3.63) is 29.8 Å². The number of carbonyl (C=O) groups excluding carboxylic acids is 1. The Morgan fingerprint density at radius 1 is 1.23 bits per heavy atom. The van der Waals surface area contributed by atoms with Gasteiger partial charge in [-0.3, -0.25) is 4.79 Å². The number of nitrogens with one attached hydrogen (secondary N) is 3. The summed E-state index contributed by atoms with van der Waals surface area (Å²) in [4.78, 5) is 20.1. The van der Waals surface area contributed by atoms with Crippen LogP contribution in [0.15, 0.2) is 18.5 Å². The Morgan fingerprint density at radius 2 is 2.00 bits per heavy atom. The Kier molecular flexibility index (Phi) is 3.48. The maximum absolute atomic E-state index is 12.1. The van der Waals surface area contributed by atoms with E-state index >= 15 is 0 Å². The van der Waals surface area contributed by atoms with Gasteiger partial charge >= 0.3 is 0 Å². The lowest BCUT2D eigenvalue weighted by atomic mass is 9.44. The standard InChI is InChI=1S/C16H17N9O/c1-19-14(26)13-10(23-16-6-15(18,7-16)8-16)2-11(24-25-13)22-12-5-20-9(3-17)4-21-12/h2,4-5H,6-8,18H2,1H3,(H,19,26)(H2,21,22,23,24). The largest absolute Gasteiger partial charge is 0.377 e. The van der Waals surface area contributed by atoms with Crippen LogP contribution in [-0.2, 0) is 0 Å². The maximum Gasteiger partial charge on any atom is 0.273 e. The van der Waals surface area contributed by atoms with Gasteiger partial charge in [0.25, 0.3) is 5.91 Å². The fraction of sp³-hybridized carbons (Fsp3) is 0.375. The number of carbonyl (C=O) groups is 1. The predicted octanol–water partition coefficient (Wildman–Crippen LogP) is 0.287. The van der Waals surface area contributed by atoms with Crippen molar-refractivity contribution < 1.29 is 4.79 Å². The number of hydrogen-bond acceptors (Lipinski definition) is 9. The van der Waals surface area contributed by atoms with Crippen LogP contribution in [0.2, 0.25) is 0 Å². The summed E-state index contributed by atoms with van der Waals surface area (Å²) in [6.07, 6.45) is 5.41. The van der Waals surface area contributed by atoms with Crippen LogP contribution < -0.4 is 21.7 Å². The van der Waals surface area contributed by atoms with Crippen LogP contribution in [0, 0.1) is 11.3 Å². The number of hydrogen-bond donors (Lipinski definition) is 4. The molecule has 10 nitrogen and oxygen atoms in total. The first kappa shape index (κ1) is 16.2. The summed E-state index contributed by atoms with van der Waals surface area (Å²) in [5.74, 6) is 0.510. The first-order valence-electron chi connectivity index (χ1n) is 8.10. The smallest absolute Gasteiger partial charge is 0.273 e. The topological polar surface area (TPSA) is 155 Å². The molecule has 5 N–H and O–H groups in total. The quantitative estimate of drug-likeness (QED) is 0.594. The van der Waals surface area contributed by atoms with Gasteiger partial charge in [0.05, 0.1) is 18.1 Å². The highest BCUT2D eigenvalue weighted by molar-refractivity contribution is 5.97. The van der Waals surface area contributed by atoms with Crippen molar-refractivity contribution in [3.8, 4) is 6.07 Å². The molecule has 0 atom stereocenters. The molecular formula is C16H17N9O. The highest BCUT2D eigenvalue weighted by atomic mass is 16.1. The van der Waals surface area contributed by atoms with Crippen molar-refractivity contribution in [1.29, 1.82) is 5.26 Å². The van der Waals surface area contributed by atoms with Crippen LogP contribution in [0.5, 0.6) is 0 Å². The zero-order chi connectivity index (χ0) is 18.4. The van der Waals surface area contributed by atoms with Crippen LogP contribution in [0.4, 0.5) is 17.3 Å². The third-order valence-corrected chi connectivity index (χ3v) is 4.73. The van der Waals surface area contributed by atoms with Crippen molar-refractivity contribution >= 4 is 23.2 Å². The third kappa shape index (κ3) is 2.68. The molecule has 3 saturated carbocycles. The highest BCUT2D eigenvalue weighted by Crippen LogP contribution is 2.60.